The van der Waals surface area contributed by atoms with Crippen LogP contribution in [0.3, 0.4) is 0 Å². The van der Waals surface area contributed by atoms with E-state index in [-0.39, 0.29) is 30.3 Å². The number of carboxylic acids is 1. The molecule has 0 bridgehead atoms. The second-order valence-corrected chi connectivity index (χ2v) is 7.66. The van der Waals surface area contributed by atoms with Crippen molar-refractivity contribution in [3.05, 3.63) is 83.4 Å². The van der Waals surface area contributed by atoms with E-state index in [1.54, 1.807) is 0 Å². The number of benzene rings is 3. The van der Waals surface area contributed by atoms with E-state index in [1.165, 1.54) is 25.3 Å². The van der Waals surface area contributed by atoms with Crippen LogP contribution in [0.1, 0.15) is 27.4 Å². The molecule has 0 radical (unpaired) electrons. The van der Waals surface area contributed by atoms with Crippen molar-refractivity contribution in [3.8, 4) is 28.7 Å². The lowest BCUT2D eigenvalue weighted by atomic mass is 9.98. The molecule has 0 saturated heterocycles. The minimum absolute atomic E-state index is 0.00835. The van der Waals surface area contributed by atoms with Gasteiger partial charge in [-0.25, -0.2) is 9.59 Å². The Labute approximate surface area is 201 Å². The van der Waals surface area contributed by atoms with Crippen molar-refractivity contribution in [2.24, 2.45) is 0 Å². The molecule has 0 unspecified atom stereocenters. The minimum atomic E-state index is -1.14. The Hall–Kier alpha value is -4.77. The number of nitrogens with one attached hydrogen (secondary N) is 2. The summed E-state index contributed by atoms with van der Waals surface area (Å²) in [5.74, 6) is 3.30. The fraction of sp³-hybridized carbons (Fsp3) is 0.148. The predicted octanol–water partition coefficient (Wildman–Crippen LogP) is 3.87. The lowest BCUT2D eigenvalue weighted by molar-refractivity contribution is -0.111. The molecular formula is C27H22N2O6. The third-order valence-corrected chi connectivity index (χ3v) is 5.56. The van der Waals surface area contributed by atoms with Crippen LogP contribution in [0.5, 0.6) is 5.75 Å². The number of aromatic carboxylic acids is 1. The molecule has 0 atom stereocenters. The number of methoxy groups -OCH3 is 1. The zero-order valence-corrected chi connectivity index (χ0v) is 18.8. The summed E-state index contributed by atoms with van der Waals surface area (Å²) >= 11 is 0. The SMILES string of the molecule is COc1ccc(C(=O)O)cc1NC(=O)C#CCNC(=O)OCC1c2ccccc2-c2ccccc21. The molecule has 0 aliphatic heterocycles. The third kappa shape index (κ3) is 5.25. The lowest BCUT2D eigenvalue weighted by Gasteiger charge is -2.14. The van der Waals surface area contributed by atoms with Gasteiger partial charge in [0.05, 0.1) is 24.9 Å². The summed E-state index contributed by atoms with van der Waals surface area (Å²) in [4.78, 5) is 35.4. The van der Waals surface area contributed by atoms with Crippen molar-refractivity contribution < 1.29 is 29.0 Å². The van der Waals surface area contributed by atoms with E-state index in [0.29, 0.717) is 5.75 Å². The Morgan fingerprint density at radius 3 is 2.26 bits per heavy atom. The molecule has 8 nitrogen and oxygen atoms in total. The van der Waals surface area contributed by atoms with Crippen LogP contribution >= 0.6 is 0 Å². The smallest absolute Gasteiger partial charge is 0.407 e. The van der Waals surface area contributed by atoms with E-state index in [4.69, 9.17) is 14.6 Å². The Morgan fingerprint density at radius 2 is 1.63 bits per heavy atom. The molecule has 0 fully saturated rings. The number of amides is 2. The Kier molecular flexibility index (Phi) is 6.98. The van der Waals surface area contributed by atoms with Gasteiger partial charge in [-0.3, -0.25) is 4.79 Å². The fourth-order valence-corrected chi connectivity index (χ4v) is 3.98. The van der Waals surface area contributed by atoms with Gasteiger partial charge in [-0.1, -0.05) is 54.5 Å². The van der Waals surface area contributed by atoms with Gasteiger partial charge in [-0.05, 0) is 46.4 Å². The van der Waals surface area contributed by atoms with Gasteiger partial charge >= 0.3 is 12.1 Å². The summed E-state index contributed by atoms with van der Waals surface area (Å²) in [6.45, 7) is 0.0733. The molecule has 1 aliphatic rings. The second kappa shape index (κ2) is 10.4. The number of carboxylic acid groups (broad SMARTS) is 1. The van der Waals surface area contributed by atoms with Crippen molar-refractivity contribution in [2.75, 3.05) is 25.6 Å². The molecule has 1 aliphatic carbocycles. The molecule has 176 valence electrons. The Bertz CT molecular complexity index is 1310. The van der Waals surface area contributed by atoms with Crippen LogP contribution in [-0.2, 0) is 9.53 Å². The van der Waals surface area contributed by atoms with Crippen molar-refractivity contribution in [1.82, 2.24) is 5.32 Å². The topological polar surface area (TPSA) is 114 Å². The van der Waals surface area contributed by atoms with Gasteiger partial charge in [0.25, 0.3) is 5.91 Å². The van der Waals surface area contributed by atoms with Crippen molar-refractivity contribution in [1.29, 1.82) is 0 Å². The van der Waals surface area contributed by atoms with Crippen LogP contribution in [0.4, 0.5) is 10.5 Å². The van der Waals surface area contributed by atoms with Crippen molar-refractivity contribution in [3.63, 3.8) is 0 Å². The van der Waals surface area contributed by atoms with E-state index < -0.39 is 18.0 Å². The summed E-state index contributed by atoms with van der Waals surface area (Å²) in [5, 5.41) is 14.1. The number of ether oxygens (including phenoxy) is 2. The number of rotatable bonds is 6. The average molecular weight is 470 g/mol. The molecule has 2 amide bonds. The van der Waals surface area contributed by atoms with E-state index >= 15 is 0 Å². The minimum Gasteiger partial charge on any atom is -0.495 e. The van der Waals surface area contributed by atoms with Gasteiger partial charge in [0, 0.05) is 5.92 Å². The normalized spacial score (nSPS) is 11.3. The molecule has 3 N–H and O–H groups in total. The molecule has 3 aromatic carbocycles. The summed E-state index contributed by atoms with van der Waals surface area (Å²) in [6, 6.07) is 20.2. The molecular weight excluding hydrogens is 448 g/mol. The largest absolute Gasteiger partial charge is 0.495 e. The standard InChI is InChI=1S/C27H22N2O6/c1-34-24-13-12-17(26(31)32)15-23(24)29-25(30)11-6-14-28-27(33)35-16-22-20-9-4-2-7-18(20)19-8-3-5-10-21(19)22/h2-5,7-10,12-13,15,22H,14,16H2,1H3,(H,28,33)(H,29,30)(H,31,32). The molecule has 0 saturated carbocycles. The maximum atomic E-state index is 12.2. The van der Waals surface area contributed by atoms with E-state index in [9.17, 15) is 14.4 Å². The maximum absolute atomic E-state index is 12.2. The van der Waals surface area contributed by atoms with Crippen molar-refractivity contribution in [2.45, 2.75) is 5.92 Å². The van der Waals surface area contributed by atoms with Crippen LogP contribution < -0.4 is 15.4 Å². The number of anilines is 1. The second-order valence-electron chi connectivity index (χ2n) is 7.66. The molecule has 0 heterocycles. The first-order valence-corrected chi connectivity index (χ1v) is 10.8. The number of hydrogen-bond acceptors (Lipinski definition) is 5. The number of carbonyl (C=O) groups excluding carboxylic acids is 2. The van der Waals surface area contributed by atoms with E-state index in [1.807, 2.05) is 36.4 Å². The van der Waals surface area contributed by atoms with Crippen LogP contribution in [0.25, 0.3) is 11.1 Å². The quantitative estimate of drug-likeness (QED) is 0.471. The van der Waals surface area contributed by atoms with Crippen LogP contribution in [0.15, 0.2) is 66.7 Å². The van der Waals surface area contributed by atoms with Crippen molar-refractivity contribution >= 4 is 23.7 Å². The number of fused-ring (bicyclic) bond motifs is 3. The summed E-state index contributed by atoms with van der Waals surface area (Å²) < 4.78 is 10.5. The zero-order valence-electron chi connectivity index (χ0n) is 18.8. The van der Waals surface area contributed by atoms with Gasteiger partial charge in [-0.15, -0.1) is 0 Å². The first-order valence-electron chi connectivity index (χ1n) is 10.8. The Balaban J connectivity index is 1.30. The van der Waals surface area contributed by atoms with E-state index in [2.05, 4.69) is 34.6 Å². The number of alkyl carbamates (subject to hydrolysis) is 1. The summed E-state index contributed by atoms with van der Waals surface area (Å²) in [7, 11) is 1.40. The fourth-order valence-electron chi connectivity index (χ4n) is 3.98. The van der Waals surface area contributed by atoms with Gasteiger partial charge in [0.2, 0.25) is 0 Å². The Morgan fingerprint density at radius 1 is 0.971 bits per heavy atom. The van der Waals surface area contributed by atoms with Gasteiger partial charge in [-0.2, -0.15) is 0 Å². The first kappa shape index (κ1) is 23.4. The zero-order chi connectivity index (χ0) is 24.8. The molecule has 0 spiro atoms. The highest BCUT2D eigenvalue weighted by Gasteiger charge is 2.28. The molecule has 4 rings (SSSR count). The third-order valence-electron chi connectivity index (χ3n) is 5.56. The van der Waals surface area contributed by atoms with E-state index in [0.717, 1.165) is 22.3 Å². The summed E-state index contributed by atoms with van der Waals surface area (Å²) in [5.41, 5.74) is 4.67. The average Bonchev–Trinajstić information content (AvgIpc) is 3.19. The van der Waals surface area contributed by atoms with Crippen LogP contribution in [0.2, 0.25) is 0 Å². The molecule has 0 aromatic heterocycles. The highest BCUT2D eigenvalue weighted by Crippen LogP contribution is 2.44. The van der Waals surface area contributed by atoms with Crippen LogP contribution in [0, 0.1) is 11.8 Å². The van der Waals surface area contributed by atoms with Gasteiger partial charge in [0.15, 0.2) is 0 Å². The molecule has 8 heteroatoms. The lowest BCUT2D eigenvalue weighted by Crippen LogP contribution is -2.26. The van der Waals surface area contributed by atoms with Gasteiger partial charge < -0.3 is 25.2 Å². The highest BCUT2D eigenvalue weighted by molar-refractivity contribution is 6.05. The van der Waals surface area contributed by atoms with Crippen LogP contribution in [-0.4, -0.2) is 43.3 Å². The number of carbonyl (C=O) groups is 3. The molecule has 3 aromatic rings. The maximum Gasteiger partial charge on any atom is 0.407 e. The highest BCUT2D eigenvalue weighted by atomic mass is 16.5. The summed E-state index contributed by atoms with van der Waals surface area (Å²) in [6.07, 6.45) is -0.641. The van der Waals surface area contributed by atoms with Gasteiger partial charge in [0.1, 0.15) is 12.4 Å². The predicted molar refractivity (Wildman–Crippen MR) is 129 cm³/mol. The monoisotopic (exact) mass is 470 g/mol. The number of hydrogen-bond donors (Lipinski definition) is 3. The molecule has 35 heavy (non-hydrogen) atoms. The first-order chi connectivity index (χ1) is 17.0.